The molecule has 0 heterocycles. The zero-order valence-electron chi connectivity index (χ0n) is 9.74. The summed E-state index contributed by atoms with van der Waals surface area (Å²) in [5.74, 6) is -0.450. The van der Waals surface area contributed by atoms with Gasteiger partial charge in [0.25, 0.3) is 0 Å². The summed E-state index contributed by atoms with van der Waals surface area (Å²) >= 11 is 1.24. The number of aliphatic carboxylic acids is 1. The SMILES string of the molecule is COC(C)(C)CC(C)(SCCO)C(=O)O. The predicted octanol–water partition coefficient (Wildman–Crippen LogP) is 1.37. The summed E-state index contributed by atoms with van der Waals surface area (Å²) in [5.41, 5.74) is -0.477. The highest BCUT2D eigenvalue weighted by Gasteiger charge is 2.39. The lowest BCUT2D eigenvalue weighted by Gasteiger charge is -2.33. The fourth-order valence-electron chi connectivity index (χ4n) is 1.34. The molecule has 0 saturated carbocycles. The number of aliphatic hydroxyl groups is 1. The minimum Gasteiger partial charge on any atom is -0.480 e. The fraction of sp³-hybridized carbons (Fsp3) is 0.900. The first-order valence-electron chi connectivity index (χ1n) is 4.81. The van der Waals surface area contributed by atoms with Crippen molar-refractivity contribution in [1.29, 1.82) is 0 Å². The zero-order valence-corrected chi connectivity index (χ0v) is 10.6. The third-order valence-electron chi connectivity index (χ3n) is 2.28. The Morgan fingerprint density at radius 1 is 1.40 bits per heavy atom. The molecule has 0 saturated heterocycles. The molecular formula is C10H20O4S. The summed E-state index contributed by atoms with van der Waals surface area (Å²) in [4.78, 5) is 11.2. The lowest BCUT2D eigenvalue weighted by atomic mass is 9.94. The molecule has 5 heteroatoms. The smallest absolute Gasteiger partial charge is 0.319 e. The van der Waals surface area contributed by atoms with E-state index in [1.807, 2.05) is 13.8 Å². The van der Waals surface area contributed by atoms with Crippen molar-refractivity contribution < 1.29 is 19.7 Å². The molecule has 15 heavy (non-hydrogen) atoms. The van der Waals surface area contributed by atoms with Crippen LogP contribution in [0.1, 0.15) is 27.2 Å². The first-order chi connectivity index (χ1) is 6.77. The van der Waals surface area contributed by atoms with Gasteiger partial charge in [0.2, 0.25) is 0 Å². The van der Waals surface area contributed by atoms with Crippen LogP contribution in [0.4, 0.5) is 0 Å². The molecule has 0 rings (SSSR count). The highest BCUT2D eigenvalue weighted by Crippen LogP contribution is 2.34. The summed E-state index contributed by atoms with van der Waals surface area (Å²) in [6, 6.07) is 0. The Morgan fingerprint density at radius 3 is 2.27 bits per heavy atom. The number of carboxylic acids is 1. The number of ether oxygens (including phenoxy) is 1. The second-order valence-corrected chi connectivity index (χ2v) is 5.85. The van der Waals surface area contributed by atoms with Gasteiger partial charge < -0.3 is 14.9 Å². The normalized spacial score (nSPS) is 16.1. The monoisotopic (exact) mass is 236 g/mol. The van der Waals surface area contributed by atoms with Crippen LogP contribution in [0, 0.1) is 0 Å². The van der Waals surface area contributed by atoms with Crippen LogP contribution in [0.15, 0.2) is 0 Å². The molecule has 0 fully saturated rings. The highest BCUT2D eigenvalue weighted by atomic mass is 32.2. The Bertz CT molecular complexity index is 217. The molecule has 0 aliphatic heterocycles. The third kappa shape index (κ3) is 4.86. The molecule has 90 valence electrons. The third-order valence-corrected chi connectivity index (χ3v) is 3.62. The van der Waals surface area contributed by atoms with Gasteiger partial charge in [-0.25, -0.2) is 0 Å². The predicted molar refractivity (Wildman–Crippen MR) is 61.3 cm³/mol. The van der Waals surface area contributed by atoms with E-state index in [2.05, 4.69) is 0 Å². The van der Waals surface area contributed by atoms with Crippen LogP contribution < -0.4 is 0 Å². The van der Waals surface area contributed by atoms with Gasteiger partial charge in [-0.2, -0.15) is 0 Å². The maximum atomic E-state index is 11.2. The average molecular weight is 236 g/mol. The van der Waals surface area contributed by atoms with Gasteiger partial charge in [-0.05, 0) is 20.8 Å². The summed E-state index contributed by atoms with van der Waals surface area (Å²) in [6.45, 7) is 5.36. The van der Waals surface area contributed by atoms with Gasteiger partial charge >= 0.3 is 5.97 Å². The van der Waals surface area contributed by atoms with Crippen LogP contribution >= 0.6 is 11.8 Å². The van der Waals surface area contributed by atoms with Gasteiger partial charge in [0, 0.05) is 19.3 Å². The van der Waals surface area contributed by atoms with E-state index in [1.54, 1.807) is 14.0 Å². The van der Waals surface area contributed by atoms with Crippen molar-refractivity contribution in [2.24, 2.45) is 0 Å². The molecule has 0 bridgehead atoms. The standard InChI is InChI=1S/C10H20O4S/c1-9(2,14-4)7-10(3,8(12)13)15-6-5-11/h11H,5-7H2,1-4H3,(H,12,13). The van der Waals surface area contributed by atoms with Crippen LogP contribution in [-0.2, 0) is 9.53 Å². The van der Waals surface area contributed by atoms with Gasteiger partial charge in [-0.1, -0.05) is 0 Å². The lowest BCUT2D eigenvalue weighted by Crippen LogP contribution is -2.41. The molecule has 4 nitrogen and oxygen atoms in total. The van der Waals surface area contributed by atoms with Crippen LogP contribution in [0.3, 0.4) is 0 Å². The molecular weight excluding hydrogens is 216 g/mol. The highest BCUT2D eigenvalue weighted by molar-refractivity contribution is 8.01. The molecule has 0 aromatic heterocycles. The van der Waals surface area contributed by atoms with E-state index in [0.717, 1.165) is 0 Å². The van der Waals surface area contributed by atoms with Gasteiger partial charge in [-0.3, -0.25) is 4.79 Å². The Morgan fingerprint density at radius 2 is 1.93 bits per heavy atom. The molecule has 1 atom stereocenters. The number of carboxylic acid groups (broad SMARTS) is 1. The zero-order chi connectivity index (χ0) is 12.1. The van der Waals surface area contributed by atoms with Crippen molar-refractivity contribution >= 4 is 17.7 Å². The van der Waals surface area contributed by atoms with Crippen LogP contribution in [0.5, 0.6) is 0 Å². The molecule has 0 aliphatic rings. The summed E-state index contributed by atoms with van der Waals surface area (Å²) in [7, 11) is 1.57. The van der Waals surface area contributed by atoms with Crippen molar-refractivity contribution in [3.8, 4) is 0 Å². The van der Waals surface area contributed by atoms with Gasteiger partial charge in [0.05, 0.1) is 12.2 Å². The molecule has 1 unspecified atom stereocenters. The second kappa shape index (κ2) is 5.72. The van der Waals surface area contributed by atoms with Gasteiger partial charge in [0.15, 0.2) is 0 Å². The number of carbonyl (C=O) groups is 1. The Balaban J connectivity index is 4.58. The summed E-state index contributed by atoms with van der Waals surface area (Å²) in [6.07, 6.45) is 0.399. The minimum atomic E-state index is -0.914. The molecule has 0 aromatic rings. The number of methoxy groups -OCH3 is 1. The van der Waals surface area contributed by atoms with Crippen molar-refractivity contribution in [2.45, 2.75) is 37.5 Å². The van der Waals surface area contributed by atoms with E-state index in [4.69, 9.17) is 14.9 Å². The molecule has 0 radical (unpaired) electrons. The number of rotatable bonds is 7. The maximum absolute atomic E-state index is 11.2. The average Bonchev–Trinajstić information content (AvgIpc) is 2.14. The van der Waals surface area contributed by atoms with Crippen LogP contribution in [0.2, 0.25) is 0 Å². The number of hydrogen-bond donors (Lipinski definition) is 2. The van der Waals surface area contributed by atoms with Crippen molar-refractivity contribution in [1.82, 2.24) is 0 Å². The van der Waals surface area contributed by atoms with Crippen LogP contribution in [0.25, 0.3) is 0 Å². The molecule has 0 aliphatic carbocycles. The summed E-state index contributed by atoms with van der Waals surface area (Å²) < 4.78 is 4.31. The van der Waals surface area contributed by atoms with E-state index in [9.17, 15) is 4.79 Å². The quantitative estimate of drug-likeness (QED) is 0.699. The van der Waals surface area contributed by atoms with E-state index in [0.29, 0.717) is 12.2 Å². The Hall–Kier alpha value is -0.260. The molecule has 0 amide bonds. The second-order valence-electron chi connectivity index (χ2n) is 4.25. The molecule has 0 spiro atoms. The maximum Gasteiger partial charge on any atom is 0.319 e. The minimum absolute atomic E-state index is 0.0129. The molecule has 2 N–H and O–H groups in total. The van der Waals surface area contributed by atoms with Crippen molar-refractivity contribution in [3.05, 3.63) is 0 Å². The van der Waals surface area contributed by atoms with E-state index >= 15 is 0 Å². The number of aliphatic hydroxyl groups excluding tert-OH is 1. The lowest BCUT2D eigenvalue weighted by molar-refractivity contribution is -0.141. The Labute approximate surface area is 95.0 Å². The largest absolute Gasteiger partial charge is 0.480 e. The van der Waals surface area contributed by atoms with Gasteiger partial charge in [0.1, 0.15) is 4.75 Å². The topological polar surface area (TPSA) is 66.8 Å². The fourth-order valence-corrected chi connectivity index (χ4v) is 2.46. The van der Waals surface area contributed by atoms with Gasteiger partial charge in [-0.15, -0.1) is 11.8 Å². The summed E-state index contributed by atoms with van der Waals surface area (Å²) in [5, 5.41) is 17.9. The number of thioether (sulfide) groups is 1. The first kappa shape index (κ1) is 14.7. The number of hydrogen-bond acceptors (Lipinski definition) is 4. The molecule has 0 aromatic carbocycles. The van der Waals surface area contributed by atoms with E-state index in [-0.39, 0.29) is 6.61 Å². The Kier molecular flexibility index (Phi) is 5.62. The van der Waals surface area contributed by atoms with Crippen molar-refractivity contribution in [3.63, 3.8) is 0 Å². The van der Waals surface area contributed by atoms with Crippen molar-refractivity contribution in [2.75, 3.05) is 19.5 Å². The first-order valence-corrected chi connectivity index (χ1v) is 5.79. The van der Waals surface area contributed by atoms with E-state index < -0.39 is 16.3 Å². The van der Waals surface area contributed by atoms with Crippen LogP contribution in [-0.4, -0.2) is 46.0 Å². The van der Waals surface area contributed by atoms with E-state index in [1.165, 1.54) is 11.8 Å².